The highest BCUT2D eigenvalue weighted by Crippen LogP contribution is 2.14. The number of halogens is 2. The fourth-order valence-electron chi connectivity index (χ4n) is 1.84. The van der Waals surface area contributed by atoms with Gasteiger partial charge in [0.25, 0.3) is 5.56 Å². The minimum Gasteiger partial charge on any atom is -0.309 e. The minimum atomic E-state index is -0.123. The van der Waals surface area contributed by atoms with Crippen LogP contribution < -0.4 is 5.56 Å². The summed E-state index contributed by atoms with van der Waals surface area (Å²) >= 11 is 9.13. The first-order valence-electron chi connectivity index (χ1n) is 6.12. The van der Waals surface area contributed by atoms with E-state index in [0.717, 1.165) is 24.1 Å². The van der Waals surface area contributed by atoms with Gasteiger partial charge in [0.05, 0.1) is 5.69 Å². The van der Waals surface area contributed by atoms with E-state index in [-0.39, 0.29) is 5.56 Å². The molecule has 0 aliphatic heterocycles. The summed E-state index contributed by atoms with van der Waals surface area (Å²) in [6.07, 6.45) is 2.34. The second-order valence-corrected chi connectivity index (χ2v) is 5.56. The molecule has 0 fully saturated rings. The van der Waals surface area contributed by atoms with Crippen molar-refractivity contribution < 1.29 is 0 Å². The number of hydrogen-bond acceptors (Lipinski definition) is 2. The van der Waals surface area contributed by atoms with Crippen LogP contribution in [-0.4, -0.2) is 9.97 Å². The molecule has 1 heterocycles. The Balaban J connectivity index is 2.30. The van der Waals surface area contributed by atoms with Gasteiger partial charge in [-0.25, -0.2) is 4.98 Å². The van der Waals surface area contributed by atoms with E-state index >= 15 is 0 Å². The summed E-state index contributed by atoms with van der Waals surface area (Å²) < 4.78 is 0.536. The number of nitrogens with one attached hydrogen (secondary N) is 1. The van der Waals surface area contributed by atoms with Crippen LogP contribution in [0.4, 0.5) is 0 Å². The second kappa shape index (κ2) is 6.35. The highest BCUT2D eigenvalue weighted by molar-refractivity contribution is 9.10. The Bertz CT molecular complexity index is 622. The molecular weight excluding hydrogens is 328 g/mol. The van der Waals surface area contributed by atoms with Crippen molar-refractivity contribution in [3.05, 3.63) is 61.2 Å². The molecule has 5 heteroatoms. The molecule has 100 valence electrons. The monoisotopic (exact) mass is 340 g/mol. The standard InChI is InChI=1S/C14H14BrClN2O/c1-2-3-11-13(15)14(19)18-12(17-11)8-9-4-6-10(16)7-5-9/h4-7H,2-3,8H2,1H3,(H,17,18,19). The van der Waals surface area contributed by atoms with Crippen LogP contribution in [0.25, 0.3) is 0 Å². The van der Waals surface area contributed by atoms with E-state index in [9.17, 15) is 4.79 Å². The van der Waals surface area contributed by atoms with Gasteiger partial charge in [-0.15, -0.1) is 0 Å². The molecule has 3 nitrogen and oxygen atoms in total. The number of benzene rings is 1. The molecule has 1 aromatic heterocycles. The highest BCUT2D eigenvalue weighted by atomic mass is 79.9. The van der Waals surface area contributed by atoms with Crippen molar-refractivity contribution in [2.75, 3.05) is 0 Å². The Morgan fingerprint density at radius 2 is 2.00 bits per heavy atom. The van der Waals surface area contributed by atoms with Crippen LogP contribution in [0, 0.1) is 0 Å². The molecule has 0 unspecified atom stereocenters. The van der Waals surface area contributed by atoms with E-state index in [2.05, 4.69) is 32.8 Å². The maximum Gasteiger partial charge on any atom is 0.265 e. The predicted molar refractivity (Wildman–Crippen MR) is 80.8 cm³/mol. The number of nitrogens with zero attached hydrogens (tertiary/aromatic N) is 1. The number of aromatic nitrogens is 2. The molecule has 19 heavy (non-hydrogen) atoms. The summed E-state index contributed by atoms with van der Waals surface area (Å²) in [5, 5.41) is 0.702. The number of aryl methyl sites for hydroxylation is 1. The number of H-pyrrole nitrogens is 1. The van der Waals surface area contributed by atoms with Gasteiger partial charge in [0.15, 0.2) is 0 Å². The number of hydrogen-bond donors (Lipinski definition) is 1. The number of aromatic amines is 1. The fraction of sp³-hybridized carbons (Fsp3) is 0.286. The summed E-state index contributed by atoms with van der Waals surface area (Å²) in [4.78, 5) is 19.1. The smallest absolute Gasteiger partial charge is 0.265 e. The zero-order chi connectivity index (χ0) is 13.8. The molecule has 0 atom stereocenters. The van der Waals surface area contributed by atoms with Gasteiger partial charge in [-0.3, -0.25) is 4.79 Å². The zero-order valence-corrected chi connectivity index (χ0v) is 12.9. The lowest BCUT2D eigenvalue weighted by atomic mass is 10.1. The van der Waals surface area contributed by atoms with Gasteiger partial charge in [0.2, 0.25) is 0 Å². The van der Waals surface area contributed by atoms with Crippen LogP contribution in [0.15, 0.2) is 33.5 Å². The van der Waals surface area contributed by atoms with Crippen molar-refractivity contribution in [2.45, 2.75) is 26.2 Å². The fourth-order valence-corrected chi connectivity index (χ4v) is 2.35. The molecule has 2 rings (SSSR count). The molecule has 0 saturated heterocycles. The van der Waals surface area contributed by atoms with E-state index in [0.29, 0.717) is 21.7 Å². The van der Waals surface area contributed by atoms with Crippen LogP contribution in [0.2, 0.25) is 5.02 Å². The van der Waals surface area contributed by atoms with Crippen molar-refractivity contribution in [1.29, 1.82) is 0 Å². The normalized spacial score (nSPS) is 10.7. The van der Waals surface area contributed by atoms with Gasteiger partial charge in [-0.1, -0.05) is 37.1 Å². The molecule has 2 aromatic rings. The summed E-state index contributed by atoms with van der Waals surface area (Å²) in [6.45, 7) is 2.06. The van der Waals surface area contributed by atoms with Crippen molar-refractivity contribution in [1.82, 2.24) is 9.97 Å². The van der Waals surface area contributed by atoms with Gasteiger partial charge in [-0.05, 0) is 40.0 Å². The Morgan fingerprint density at radius 1 is 1.32 bits per heavy atom. The van der Waals surface area contributed by atoms with Crippen molar-refractivity contribution in [3.8, 4) is 0 Å². The summed E-state index contributed by atoms with van der Waals surface area (Å²) in [7, 11) is 0. The molecule has 1 aromatic carbocycles. The summed E-state index contributed by atoms with van der Waals surface area (Å²) in [6, 6.07) is 7.54. The Hall–Kier alpha value is -1.13. The van der Waals surface area contributed by atoms with Crippen molar-refractivity contribution in [2.24, 2.45) is 0 Å². The molecule has 0 aliphatic carbocycles. The molecule has 1 N–H and O–H groups in total. The van der Waals surface area contributed by atoms with Crippen LogP contribution in [-0.2, 0) is 12.8 Å². The SMILES string of the molecule is CCCc1nc(Cc2ccc(Cl)cc2)[nH]c(=O)c1Br. The van der Waals surface area contributed by atoms with Gasteiger partial charge in [-0.2, -0.15) is 0 Å². The molecular formula is C14H14BrClN2O. The third-order valence-corrected chi connectivity index (χ3v) is 3.82. The van der Waals surface area contributed by atoms with Crippen LogP contribution in [0.3, 0.4) is 0 Å². The largest absolute Gasteiger partial charge is 0.309 e. The van der Waals surface area contributed by atoms with E-state index < -0.39 is 0 Å². The minimum absolute atomic E-state index is 0.123. The quantitative estimate of drug-likeness (QED) is 0.921. The topological polar surface area (TPSA) is 45.8 Å². The van der Waals surface area contributed by atoms with Crippen LogP contribution in [0.1, 0.15) is 30.4 Å². The molecule has 0 amide bonds. The van der Waals surface area contributed by atoms with Crippen LogP contribution in [0.5, 0.6) is 0 Å². The van der Waals surface area contributed by atoms with Gasteiger partial charge in [0.1, 0.15) is 10.3 Å². The van der Waals surface area contributed by atoms with E-state index in [1.165, 1.54) is 0 Å². The third kappa shape index (κ3) is 3.67. The number of rotatable bonds is 4. The second-order valence-electron chi connectivity index (χ2n) is 4.33. The van der Waals surface area contributed by atoms with Crippen molar-refractivity contribution in [3.63, 3.8) is 0 Å². The lowest BCUT2D eigenvalue weighted by molar-refractivity contribution is 0.823. The first-order valence-corrected chi connectivity index (χ1v) is 7.29. The maximum atomic E-state index is 11.8. The molecule has 0 bridgehead atoms. The van der Waals surface area contributed by atoms with Crippen molar-refractivity contribution >= 4 is 27.5 Å². The third-order valence-electron chi connectivity index (χ3n) is 2.75. The molecule has 0 aliphatic rings. The lowest BCUT2D eigenvalue weighted by Gasteiger charge is -2.06. The molecule has 0 saturated carbocycles. The average molecular weight is 342 g/mol. The maximum absolute atomic E-state index is 11.8. The van der Waals surface area contributed by atoms with Gasteiger partial charge < -0.3 is 4.98 Å². The average Bonchev–Trinajstić information content (AvgIpc) is 2.38. The summed E-state index contributed by atoms with van der Waals surface area (Å²) in [5.41, 5.74) is 1.76. The predicted octanol–water partition coefficient (Wildman–Crippen LogP) is 3.73. The van der Waals surface area contributed by atoms with E-state index in [1.807, 2.05) is 24.3 Å². The summed E-state index contributed by atoms with van der Waals surface area (Å²) in [5.74, 6) is 0.680. The van der Waals surface area contributed by atoms with Gasteiger partial charge >= 0.3 is 0 Å². The zero-order valence-electron chi connectivity index (χ0n) is 10.5. The highest BCUT2D eigenvalue weighted by Gasteiger charge is 2.08. The molecule has 0 spiro atoms. The molecule has 0 radical (unpaired) electrons. The Morgan fingerprint density at radius 3 is 2.63 bits per heavy atom. The Labute approximate surface area is 125 Å². The Kier molecular flexibility index (Phi) is 4.77. The lowest BCUT2D eigenvalue weighted by Crippen LogP contribution is -2.16. The first-order chi connectivity index (χ1) is 9.10. The first kappa shape index (κ1) is 14.3. The van der Waals surface area contributed by atoms with E-state index in [1.54, 1.807) is 0 Å². The van der Waals surface area contributed by atoms with Gasteiger partial charge in [0, 0.05) is 11.4 Å². The van der Waals surface area contributed by atoms with E-state index in [4.69, 9.17) is 11.6 Å². The van der Waals surface area contributed by atoms with Crippen LogP contribution >= 0.6 is 27.5 Å².